The summed E-state index contributed by atoms with van der Waals surface area (Å²) in [5.41, 5.74) is 2.30. The molecule has 1 aromatic carbocycles. The fourth-order valence-electron chi connectivity index (χ4n) is 1.52. The number of carboxylic acid groups (broad SMARTS) is 1. The van der Waals surface area contributed by atoms with Crippen LogP contribution in [0.5, 0.6) is 0 Å². The van der Waals surface area contributed by atoms with Gasteiger partial charge in [0, 0.05) is 5.56 Å². The number of benzene rings is 1. The van der Waals surface area contributed by atoms with Gasteiger partial charge in [-0.05, 0) is 12.5 Å². The maximum absolute atomic E-state index is 11.1. The average Bonchev–Trinajstić information content (AvgIpc) is 2.29. The van der Waals surface area contributed by atoms with Crippen LogP contribution in [0.2, 0.25) is 5.15 Å². The summed E-state index contributed by atoms with van der Waals surface area (Å²) in [5.74, 6) is -1.11. The Kier molecular flexibility index (Phi) is 3.06. The van der Waals surface area contributed by atoms with E-state index in [2.05, 4.69) is 10.2 Å². The minimum absolute atomic E-state index is 0.0227. The van der Waals surface area contributed by atoms with E-state index in [0.29, 0.717) is 5.56 Å². The Labute approximate surface area is 103 Å². The number of aromatic carboxylic acids is 1. The van der Waals surface area contributed by atoms with Crippen molar-refractivity contribution in [1.82, 2.24) is 10.2 Å². The molecule has 0 spiro atoms. The molecule has 2 aromatic rings. The number of hydrogen-bond donors (Lipinski definition) is 1. The van der Waals surface area contributed by atoms with E-state index < -0.39 is 5.97 Å². The van der Waals surface area contributed by atoms with Crippen LogP contribution in [0.4, 0.5) is 0 Å². The Morgan fingerprint density at radius 1 is 1.29 bits per heavy atom. The maximum atomic E-state index is 11.1. The smallest absolute Gasteiger partial charge is 0.339 e. The van der Waals surface area contributed by atoms with Crippen molar-refractivity contribution in [3.05, 3.63) is 46.7 Å². The van der Waals surface area contributed by atoms with Gasteiger partial charge in [-0.1, -0.05) is 41.4 Å². The lowest BCUT2D eigenvalue weighted by Gasteiger charge is -2.06. The highest BCUT2D eigenvalue weighted by molar-refractivity contribution is 6.33. The standard InChI is InChI=1S/C12H9ClN2O2/c1-7-2-4-8(5-3-7)9-6-14-15-11(13)10(9)12(16)17/h2-6H,1H3,(H,16,17). The second-order valence-electron chi connectivity index (χ2n) is 3.60. The minimum atomic E-state index is -1.11. The molecular weight excluding hydrogens is 240 g/mol. The lowest BCUT2D eigenvalue weighted by molar-refractivity contribution is 0.0697. The van der Waals surface area contributed by atoms with Gasteiger partial charge < -0.3 is 5.11 Å². The number of carboxylic acids is 1. The summed E-state index contributed by atoms with van der Waals surface area (Å²) in [6.07, 6.45) is 1.40. The van der Waals surface area contributed by atoms with Crippen molar-refractivity contribution < 1.29 is 9.90 Å². The maximum Gasteiger partial charge on any atom is 0.339 e. The summed E-state index contributed by atoms with van der Waals surface area (Å²) in [7, 11) is 0. The molecule has 4 nitrogen and oxygen atoms in total. The summed E-state index contributed by atoms with van der Waals surface area (Å²) >= 11 is 5.75. The Bertz CT molecular complexity index is 567. The van der Waals surface area contributed by atoms with Crippen LogP contribution in [0, 0.1) is 6.92 Å². The molecule has 0 fully saturated rings. The van der Waals surface area contributed by atoms with E-state index >= 15 is 0 Å². The van der Waals surface area contributed by atoms with Crippen LogP contribution in [0.3, 0.4) is 0 Å². The van der Waals surface area contributed by atoms with Crippen molar-refractivity contribution in [2.75, 3.05) is 0 Å². The SMILES string of the molecule is Cc1ccc(-c2cnnc(Cl)c2C(=O)O)cc1. The summed E-state index contributed by atoms with van der Waals surface area (Å²) < 4.78 is 0. The van der Waals surface area contributed by atoms with E-state index in [-0.39, 0.29) is 10.7 Å². The molecule has 1 heterocycles. The van der Waals surface area contributed by atoms with Gasteiger partial charge in [0.2, 0.25) is 0 Å². The van der Waals surface area contributed by atoms with Gasteiger partial charge in [0.15, 0.2) is 5.15 Å². The van der Waals surface area contributed by atoms with Crippen LogP contribution < -0.4 is 0 Å². The summed E-state index contributed by atoms with van der Waals surface area (Å²) in [4.78, 5) is 11.1. The summed E-state index contributed by atoms with van der Waals surface area (Å²) in [5, 5.41) is 16.2. The van der Waals surface area contributed by atoms with E-state index in [0.717, 1.165) is 11.1 Å². The first-order chi connectivity index (χ1) is 8.09. The fraction of sp³-hybridized carbons (Fsp3) is 0.0833. The van der Waals surface area contributed by atoms with Gasteiger partial charge in [-0.2, -0.15) is 5.10 Å². The molecule has 0 atom stereocenters. The third kappa shape index (κ3) is 2.26. The van der Waals surface area contributed by atoms with Crippen LogP contribution in [-0.4, -0.2) is 21.3 Å². The van der Waals surface area contributed by atoms with Gasteiger partial charge >= 0.3 is 5.97 Å². The van der Waals surface area contributed by atoms with Gasteiger partial charge in [0.1, 0.15) is 5.56 Å². The number of halogens is 1. The zero-order valence-corrected chi connectivity index (χ0v) is 9.77. The van der Waals surface area contributed by atoms with Crippen LogP contribution in [-0.2, 0) is 0 Å². The molecule has 0 amide bonds. The molecule has 0 aliphatic heterocycles. The van der Waals surface area contributed by atoms with Crippen molar-refractivity contribution in [3.8, 4) is 11.1 Å². The van der Waals surface area contributed by atoms with E-state index in [1.54, 1.807) is 0 Å². The first-order valence-electron chi connectivity index (χ1n) is 4.91. The minimum Gasteiger partial charge on any atom is -0.478 e. The molecule has 2 rings (SSSR count). The third-order valence-corrected chi connectivity index (χ3v) is 2.65. The highest BCUT2D eigenvalue weighted by Gasteiger charge is 2.17. The van der Waals surface area contributed by atoms with Crippen LogP contribution in [0.15, 0.2) is 30.5 Å². The van der Waals surface area contributed by atoms with Crippen LogP contribution in [0.1, 0.15) is 15.9 Å². The highest BCUT2D eigenvalue weighted by Crippen LogP contribution is 2.26. The zero-order valence-electron chi connectivity index (χ0n) is 9.01. The first kappa shape index (κ1) is 11.5. The topological polar surface area (TPSA) is 63.1 Å². The first-order valence-corrected chi connectivity index (χ1v) is 5.29. The number of aryl methyl sites for hydroxylation is 1. The Hall–Kier alpha value is -1.94. The molecule has 1 N–H and O–H groups in total. The molecule has 5 heteroatoms. The van der Waals surface area contributed by atoms with Gasteiger partial charge in [0.05, 0.1) is 6.20 Å². The number of rotatable bonds is 2. The monoisotopic (exact) mass is 248 g/mol. The molecule has 0 saturated carbocycles. The Balaban J connectivity index is 2.63. The molecular formula is C12H9ClN2O2. The van der Waals surface area contributed by atoms with Crippen molar-refractivity contribution in [2.45, 2.75) is 6.92 Å². The van der Waals surface area contributed by atoms with Gasteiger partial charge in [-0.25, -0.2) is 4.79 Å². The van der Waals surface area contributed by atoms with Crippen molar-refractivity contribution in [1.29, 1.82) is 0 Å². The normalized spacial score (nSPS) is 10.2. The fourth-order valence-corrected chi connectivity index (χ4v) is 1.74. The summed E-state index contributed by atoms with van der Waals surface area (Å²) in [6.45, 7) is 1.96. The van der Waals surface area contributed by atoms with E-state index in [1.165, 1.54) is 6.20 Å². The van der Waals surface area contributed by atoms with Gasteiger partial charge in [-0.15, -0.1) is 5.10 Å². The van der Waals surface area contributed by atoms with Crippen molar-refractivity contribution in [2.24, 2.45) is 0 Å². The molecule has 0 aliphatic carbocycles. The molecule has 17 heavy (non-hydrogen) atoms. The van der Waals surface area contributed by atoms with E-state index in [9.17, 15) is 4.79 Å². The molecule has 0 radical (unpaired) electrons. The molecule has 1 aromatic heterocycles. The van der Waals surface area contributed by atoms with Crippen LogP contribution in [0.25, 0.3) is 11.1 Å². The number of carbonyl (C=O) groups is 1. The quantitative estimate of drug-likeness (QED) is 0.888. The highest BCUT2D eigenvalue weighted by atomic mass is 35.5. The van der Waals surface area contributed by atoms with Crippen molar-refractivity contribution >= 4 is 17.6 Å². The second-order valence-corrected chi connectivity index (χ2v) is 3.95. The number of nitrogens with zero attached hydrogens (tertiary/aromatic N) is 2. The molecule has 0 bridgehead atoms. The van der Waals surface area contributed by atoms with Crippen molar-refractivity contribution in [3.63, 3.8) is 0 Å². The number of hydrogen-bond acceptors (Lipinski definition) is 3. The molecule has 86 valence electrons. The predicted molar refractivity (Wildman–Crippen MR) is 64.2 cm³/mol. The van der Waals surface area contributed by atoms with Gasteiger partial charge in [-0.3, -0.25) is 0 Å². The largest absolute Gasteiger partial charge is 0.478 e. The molecule has 0 saturated heterocycles. The zero-order chi connectivity index (χ0) is 12.4. The Morgan fingerprint density at radius 3 is 2.53 bits per heavy atom. The third-order valence-electron chi connectivity index (χ3n) is 2.38. The molecule has 0 aliphatic rings. The number of aromatic nitrogens is 2. The Morgan fingerprint density at radius 2 is 1.94 bits per heavy atom. The lowest BCUT2D eigenvalue weighted by atomic mass is 10.0. The average molecular weight is 249 g/mol. The molecule has 0 unspecified atom stereocenters. The van der Waals surface area contributed by atoms with Gasteiger partial charge in [0.25, 0.3) is 0 Å². The predicted octanol–water partition coefficient (Wildman–Crippen LogP) is 2.80. The second kappa shape index (κ2) is 4.51. The van der Waals surface area contributed by atoms with E-state index in [4.69, 9.17) is 16.7 Å². The van der Waals surface area contributed by atoms with E-state index in [1.807, 2.05) is 31.2 Å². The summed E-state index contributed by atoms with van der Waals surface area (Å²) in [6, 6.07) is 7.45. The lowest BCUT2D eigenvalue weighted by Crippen LogP contribution is -2.03. The van der Waals surface area contributed by atoms with Crippen LogP contribution >= 0.6 is 11.6 Å².